The number of aromatic nitrogens is 3. The first kappa shape index (κ1) is 17.9. The summed E-state index contributed by atoms with van der Waals surface area (Å²) in [5, 5.41) is 8.88. The fourth-order valence-electron chi connectivity index (χ4n) is 3.25. The Morgan fingerprint density at radius 1 is 1.15 bits per heavy atom. The predicted octanol–water partition coefficient (Wildman–Crippen LogP) is 4.44. The van der Waals surface area contributed by atoms with Crippen LogP contribution in [0.25, 0.3) is 11.4 Å². The number of rotatable bonds is 2. The highest BCUT2D eigenvalue weighted by molar-refractivity contribution is 6.43. The van der Waals surface area contributed by atoms with Crippen molar-refractivity contribution >= 4 is 29.1 Å². The van der Waals surface area contributed by atoms with Crippen molar-refractivity contribution in [1.82, 2.24) is 19.7 Å². The van der Waals surface area contributed by atoms with Crippen LogP contribution >= 0.6 is 23.2 Å². The van der Waals surface area contributed by atoms with Gasteiger partial charge in [0.05, 0.1) is 27.7 Å². The lowest BCUT2D eigenvalue weighted by Crippen LogP contribution is -2.45. The van der Waals surface area contributed by atoms with Crippen LogP contribution in [0.15, 0.2) is 42.5 Å². The van der Waals surface area contributed by atoms with Crippen LogP contribution in [0.3, 0.4) is 0 Å². The minimum atomic E-state index is -0.357. The molecule has 1 aliphatic rings. The van der Waals surface area contributed by atoms with Crippen LogP contribution in [0.5, 0.6) is 0 Å². The Morgan fingerprint density at radius 2 is 1.93 bits per heavy atom. The molecule has 0 fully saturated rings. The van der Waals surface area contributed by atoms with Gasteiger partial charge in [-0.15, -0.1) is 10.2 Å². The van der Waals surface area contributed by atoms with Crippen molar-refractivity contribution in [3.8, 4) is 11.4 Å². The van der Waals surface area contributed by atoms with Crippen LogP contribution in [0, 0.1) is 5.82 Å². The summed E-state index contributed by atoms with van der Waals surface area (Å²) >= 11 is 12.2. The molecule has 2 aromatic carbocycles. The lowest BCUT2D eigenvalue weighted by atomic mass is 10.1. The van der Waals surface area contributed by atoms with Crippen LogP contribution in [0.4, 0.5) is 4.39 Å². The maximum atomic E-state index is 14.2. The molecule has 0 bridgehead atoms. The molecule has 1 amide bonds. The van der Waals surface area contributed by atoms with Crippen LogP contribution in [0.1, 0.15) is 23.1 Å². The molecule has 138 valence electrons. The highest BCUT2D eigenvalue weighted by atomic mass is 35.5. The Balaban J connectivity index is 1.68. The van der Waals surface area contributed by atoms with E-state index in [1.54, 1.807) is 41.3 Å². The van der Waals surface area contributed by atoms with Crippen molar-refractivity contribution < 1.29 is 9.18 Å². The molecule has 0 N–H and O–H groups in total. The van der Waals surface area contributed by atoms with E-state index in [4.69, 9.17) is 23.2 Å². The fraction of sp³-hybridized carbons (Fsp3) is 0.211. The summed E-state index contributed by atoms with van der Waals surface area (Å²) in [6.07, 6.45) is 0. The molecule has 27 heavy (non-hydrogen) atoms. The van der Waals surface area contributed by atoms with E-state index in [2.05, 4.69) is 10.2 Å². The van der Waals surface area contributed by atoms with E-state index in [0.717, 1.165) is 0 Å². The normalized spacial score (nSPS) is 16.3. The zero-order chi connectivity index (χ0) is 19.1. The van der Waals surface area contributed by atoms with Crippen molar-refractivity contribution in [1.29, 1.82) is 0 Å². The Labute approximate surface area is 165 Å². The largest absolute Gasteiger partial charge is 0.327 e. The van der Waals surface area contributed by atoms with Gasteiger partial charge in [0.25, 0.3) is 5.91 Å². The van der Waals surface area contributed by atoms with Gasteiger partial charge in [-0.05, 0) is 31.2 Å². The molecule has 4 rings (SSSR count). The van der Waals surface area contributed by atoms with E-state index in [0.29, 0.717) is 34.3 Å². The zero-order valence-corrected chi connectivity index (χ0v) is 15.9. The molecule has 8 heteroatoms. The molecule has 1 aliphatic heterocycles. The van der Waals surface area contributed by atoms with Crippen molar-refractivity contribution in [2.75, 3.05) is 0 Å². The van der Waals surface area contributed by atoms with Gasteiger partial charge < -0.3 is 9.47 Å². The predicted molar refractivity (Wildman–Crippen MR) is 101 cm³/mol. The lowest BCUT2D eigenvalue weighted by Gasteiger charge is -2.34. The molecule has 1 atom stereocenters. The Kier molecular flexibility index (Phi) is 4.61. The molecule has 0 aliphatic carbocycles. The summed E-state index contributed by atoms with van der Waals surface area (Å²) in [5.74, 6) is 0.474. The molecule has 0 saturated carbocycles. The van der Waals surface area contributed by atoms with Crippen LogP contribution in [0.2, 0.25) is 10.0 Å². The molecule has 0 spiro atoms. The average molecular weight is 405 g/mol. The minimum Gasteiger partial charge on any atom is -0.327 e. The summed E-state index contributed by atoms with van der Waals surface area (Å²) in [7, 11) is 0. The van der Waals surface area contributed by atoms with Gasteiger partial charge in [0, 0.05) is 12.6 Å². The summed E-state index contributed by atoms with van der Waals surface area (Å²) in [4.78, 5) is 14.7. The van der Waals surface area contributed by atoms with Crippen molar-refractivity contribution in [2.45, 2.75) is 26.1 Å². The van der Waals surface area contributed by atoms with E-state index in [-0.39, 0.29) is 29.3 Å². The summed E-state index contributed by atoms with van der Waals surface area (Å²) in [5.41, 5.74) is 0.736. The van der Waals surface area contributed by atoms with E-state index in [1.807, 2.05) is 11.5 Å². The molecule has 3 aromatic rings. The van der Waals surface area contributed by atoms with Crippen molar-refractivity contribution in [3.05, 3.63) is 69.7 Å². The van der Waals surface area contributed by atoms with Gasteiger partial charge in [-0.1, -0.05) is 41.4 Å². The third-order valence-electron chi connectivity index (χ3n) is 4.68. The number of carbonyl (C=O) groups is 1. The third kappa shape index (κ3) is 3.09. The molecular formula is C19H15Cl2FN4O. The molecular weight excluding hydrogens is 390 g/mol. The fourth-order valence-corrected chi connectivity index (χ4v) is 3.63. The first-order chi connectivity index (χ1) is 13.0. The number of hydrogen-bond donors (Lipinski definition) is 0. The Morgan fingerprint density at radius 3 is 2.70 bits per heavy atom. The standard InChI is InChI=1S/C19H15Cl2FN4O/c1-11-9-26-16(23-24-18(26)12-5-2-3-8-15(12)22)10-25(11)19(27)13-6-4-7-14(20)17(13)21/h2-8,11H,9-10H2,1H3/t11-/m0/s1. The quantitative estimate of drug-likeness (QED) is 0.634. The minimum absolute atomic E-state index is 0.151. The summed E-state index contributed by atoms with van der Waals surface area (Å²) < 4.78 is 16.0. The topological polar surface area (TPSA) is 51.0 Å². The SMILES string of the molecule is C[C@H]1Cn2c(nnc2-c2ccccc2F)CN1C(=O)c1cccc(Cl)c1Cl. The monoisotopic (exact) mass is 404 g/mol. The smallest absolute Gasteiger partial charge is 0.256 e. The Bertz CT molecular complexity index is 1040. The Hall–Kier alpha value is -2.44. The highest BCUT2D eigenvalue weighted by Crippen LogP contribution is 2.30. The number of amides is 1. The van der Waals surface area contributed by atoms with Crippen LogP contribution in [-0.4, -0.2) is 31.6 Å². The molecule has 0 unspecified atom stereocenters. The first-order valence-electron chi connectivity index (χ1n) is 8.39. The number of hydrogen-bond acceptors (Lipinski definition) is 3. The van der Waals surface area contributed by atoms with Gasteiger partial charge in [0.15, 0.2) is 11.6 Å². The zero-order valence-electron chi connectivity index (χ0n) is 14.4. The van der Waals surface area contributed by atoms with Crippen molar-refractivity contribution in [2.24, 2.45) is 0 Å². The molecule has 2 heterocycles. The average Bonchev–Trinajstić information content (AvgIpc) is 3.05. The number of fused-ring (bicyclic) bond motifs is 1. The molecule has 5 nitrogen and oxygen atoms in total. The van der Waals surface area contributed by atoms with Crippen molar-refractivity contribution in [3.63, 3.8) is 0 Å². The van der Waals surface area contributed by atoms with Gasteiger partial charge in [0.1, 0.15) is 5.82 Å². The number of nitrogens with zero attached hydrogens (tertiary/aromatic N) is 4. The van der Waals surface area contributed by atoms with Gasteiger partial charge in [0.2, 0.25) is 0 Å². The maximum Gasteiger partial charge on any atom is 0.256 e. The van der Waals surface area contributed by atoms with E-state index in [9.17, 15) is 9.18 Å². The van der Waals surface area contributed by atoms with Crippen LogP contribution in [-0.2, 0) is 13.1 Å². The number of benzene rings is 2. The van der Waals surface area contributed by atoms with Gasteiger partial charge in [-0.2, -0.15) is 0 Å². The summed E-state index contributed by atoms with van der Waals surface area (Å²) in [6, 6.07) is 11.3. The lowest BCUT2D eigenvalue weighted by molar-refractivity contribution is 0.0612. The second-order valence-electron chi connectivity index (χ2n) is 6.41. The number of carbonyl (C=O) groups excluding carboxylic acids is 1. The van der Waals surface area contributed by atoms with E-state index >= 15 is 0 Å². The number of halogens is 3. The van der Waals surface area contributed by atoms with Gasteiger partial charge >= 0.3 is 0 Å². The van der Waals surface area contributed by atoms with E-state index < -0.39 is 0 Å². The second-order valence-corrected chi connectivity index (χ2v) is 7.20. The van der Waals surface area contributed by atoms with Gasteiger partial charge in [-0.3, -0.25) is 4.79 Å². The molecule has 1 aromatic heterocycles. The van der Waals surface area contributed by atoms with E-state index in [1.165, 1.54) is 6.07 Å². The van der Waals surface area contributed by atoms with Crippen LogP contribution < -0.4 is 0 Å². The molecule has 0 saturated heterocycles. The third-order valence-corrected chi connectivity index (χ3v) is 5.49. The highest BCUT2D eigenvalue weighted by Gasteiger charge is 2.32. The summed E-state index contributed by atoms with van der Waals surface area (Å²) in [6.45, 7) is 2.63. The maximum absolute atomic E-state index is 14.2. The first-order valence-corrected chi connectivity index (χ1v) is 9.15. The molecule has 0 radical (unpaired) electrons. The van der Waals surface area contributed by atoms with Gasteiger partial charge in [-0.25, -0.2) is 4.39 Å². The second kappa shape index (κ2) is 6.94.